The summed E-state index contributed by atoms with van der Waals surface area (Å²) in [6.07, 6.45) is 0.169. The van der Waals surface area contributed by atoms with Gasteiger partial charge in [0.1, 0.15) is 6.07 Å². The van der Waals surface area contributed by atoms with Crippen molar-refractivity contribution in [3.8, 4) is 6.07 Å². The Morgan fingerprint density at radius 1 is 1.91 bits per heavy atom. The van der Waals surface area contributed by atoms with Gasteiger partial charge in [-0.25, -0.2) is 0 Å². The van der Waals surface area contributed by atoms with Crippen LogP contribution in [0.5, 0.6) is 0 Å². The summed E-state index contributed by atoms with van der Waals surface area (Å²) in [4.78, 5) is 8.72. The molecular weight excluding hydrogens is 167 g/mol. The van der Waals surface area contributed by atoms with Crippen molar-refractivity contribution >= 4 is 7.60 Å². The summed E-state index contributed by atoms with van der Waals surface area (Å²) in [5, 5.41) is 8.42. The molecule has 3 N–H and O–H groups in total. The Morgan fingerprint density at radius 2 is 2.36 bits per heavy atom. The van der Waals surface area contributed by atoms with E-state index >= 15 is 0 Å². The third-order valence-corrected chi connectivity index (χ3v) is 1.71. The largest absolute Gasteiger partial charge is 0.327 e. The molecule has 64 valence electrons. The van der Waals surface area contributed by atoms with Crippen LogP contribution in [0.1, 0.15) is 13.3 Å². The van der Waals surface area contributed by atoms with Gasteiger partial charge in [-0.3, -0.25) is 14.8 Å². The van der Waals surface area contributed by atoms with Crippen LogP contribution < -0.4 is 5.73 Å². The smallest absolute Gasteiger partial charge is 0.324 e. The molecule has 0 aliphatic rings. The molecule has 0 fully saturated rings. The van der Waals surface area contributed by atoms with Gasteiger partial charge in [0, 0.05) is 13.1 Å². The molecule has 0 aliphatic heterocycles. The van der Waals surface area contributed by atoms with Crippen LogP contribution in [0.25, 0.3) is 0 Å². The molecule has 2 unspecified atom stereocenters. The van der Waals surface area contributed by atoms with Crippen molar-refractivity contribution in [3.63, 3.8) is 0 Å². The van der Waals surface area contributed by atoms with Gasteiger partial charge in [-0.1, -0.05) is 6.92 Å². The molecular formula is C5H11N2O3P. The second-order valence-corrected chi connectivity index (χ2v) is 4.04. The Labute approximate surface area is 65.3 Å². The van der Waals surface area contributed by atoms with Gasteiger partial charge in [0.25, 0.3) is 0 Å². The minimum atomic E-state index is -3.67. The van der Waals surface area contributed by atoms with E-state index in [9.17, 15) is 4.57 Å². The van der Waals surface area contributed by atoms with Gasteiger partial charge in [-0.15, -0.1) is 0 Å². The van der Waals surface area contributed by atoms with E-state index in [1.165, 1.54) is 0 Å². The van der Waals surface area contributed by atoms with Crippen molar-refractivity contribution in [2.45, 2.75) is 19.1 Å². The molecule has 0 rings (SSSR count). The van der Waals surface area contributed by atoms with Crippen molar-refractivity contribution in [2.24, 2.45) is 5.73 Å². The van der Waals surface area contributed by atoms with Crippen LogP contribution >= 0.6 is 7.60 Å². The zero-order valence-electron chi connectivity index (χ0n) is 6.44. The predicted molar refractivity (Wildman–Crippen MR) is 39.7 cm³/mol. The molecule has 0 aromatic carbocycles. The van der Waals surface area contributed by atoms with Gasteiger partial charge < -0.3 is 4.89 Å². The molecule has 0 saturated carbocycles. The molecule has 0 spiro atoms. The third-order valence-electron chi connectivity index (χ3n) is 1.05. The second kappa shape index (κ2) is 3.33. The highest BCUT2D eigenvalue weighted by Crippen LogP contribution is 2.40. The normalized spacial score (nSPS) is 21.4. The van der Waals surface area contributed by atoms with Gasteiger partial charge >= 0.3 is 7.60 Å². The Balaban J connectivity index is 4.36. The number of nitrogens with zero attached hydrogens (tertiary/aromatic N) is 1. The molecule has 5 nitrogen and oxygen atoms in total. The summed E-state index contributed by atoms with van der Waals surface area (Å²) in [6.45, 7) is 2.58. The maximum absolute atomic E-state index is 10.7. The number of nitriles is 1. The van der Waals surface area contributed by atoms with E-state index in [-0.39, 0.29) is 6.42 Å². The molecule has 0 heterocycles. The Morgan fingerprint density at radius 3 is 2.45 bits per heavy atom. The molecule has 0 aromatic rings. The highest BCUT2D eigenvalue weighted by atomic mass is 31.2. The van der Waals surface area contributed by atoms with Crippen LogP contribution in [0, 0.1) is 11.3 Å². The van der Waals surface area contributed by atoms with Gasteiger partial charge in [-0.05, 0) is 0 Å². The van der Waals surface area contributed by atoms with Crippen molar-refractivity contribution in [3.05, 3.63) is 0 Å². The van der Waals surface area contributed by atoms with E-state index in [4.69, 9.17) is 15.9 Å². The number of hydrogen-bond donors (Lipinski definition) is 2. The van der Waals surface area contributed by atoms with Gasteiger partial charge in [0.05, 0.1) is 0 Å². The first kappa shape index (κ1) is 10.6. The Hall–Kier alpha value is -0.400. The molecule has 11 heavy (non-hydrogen) atoms. The van der Waals surface area contributed by atoms with Crippen molar-refractivity contribution in [2.75, 3.05) is 6.66 Å². The minimum Gasteiger partial charge on any atom is -0.324 e. The molecule has 0 aliphatic carbocycles. The summed E-state index contributed by atoms with van der Waals surface area (Å²) in [6, 6.07) is 1.61. The van der Waals surface area contributed by atoms with Crippen molar-refractivity contribution < 1.29 is 14.0 Å². The number of rotatable bonds is 3. The zero-order chi connectivity index (χ0) is 9.12. The van der Waals surface area contributed by atoms with E-state index in [2.05, 4.69) is 4.52 Å². The summed E-state index contributed by atoms with van der Waals surface area (Å²) in [5.74, 6) is 0. The van der Waals surface area contributed by atoms with Crippen LogP contribution in [0.2, 0.25) is 0 Å². The number of nitrogens with two attached hydrogens (primary N) is 1. The van der Waals surface area contributed by atoms with E-state index in [1.54, 1.807) is 13.0 Å². The summed E-state index contributed by atoms with van der Waals surface area (Å²) in [7, 11) is -3.67. The number of hydrogen-bond acceptors (Lipinski definition) is 4. The first-order valence-corrected chi connectivity index (χ1v) is 5.06. The fourth-order valence-electron chi connectivity index (χ4n) is 0.466. The molecule has 2 atom stereocenters. The second-order valence-electron chi connectivity index (χ2n) is 2.25. The minimum absolute atomic E-state index is 0.169. The fraction of sp³-hybridized carbons (Fsp3) is 0.800. The lowest BCUT2D eigenvalue weighted by atomic mass is 10.2. The van der Waals surface area contributed by atoms with Crippen LogP contribution in [0.4, 0.5) is 0 Å². The highest BCUT2D eigenvalue weighted by molar-refractivity contribution is 7.51. The van der Waals surface area contributed by atoms with E-state index in [1.807, 2.05) is 0 Å². The molecule has 6 heteroatoms. The van der Waals surface area contributed by atoms with Gasteiger partial charge in [0.2, 0.25) is 5.72 Å². The molecule has 0 saturated heterocycles. The fourth-order valence-corrected chi connectivity index (χ4v) is 1.24. The maximum Gasteiger partial charge on any atom is 0.327 e. The van der Waals surface area contributed by atoms with Gasteiger partial charge in [-0.2, -0.15) is 5.26 Å². The van der Waals surface area contributed by atoms with Crippen LogP contribution in [-0.2, 0) is 9.09 Å². The summed E-state index contributed by atoms with van der Waals surface area (Å²) >= 11 is 0. The molecule has 0 aromatic heterocycles. The van der Waals surface area contributed by atoms with Crippen LogP contribution in [-0.4, -0.2) is 17.3 Å². The van der Waals surface area contributed by atoms with E-state index in [0.29, 0.717) is 0 Å². The lowest BCUT2D eigenvalue weighted by molar-refractivity contribution is 0.114. The monoisotopic (exact) mass is 178 g/mol. The average molecular weight is 178 g/mol. The van der Waals surface area contributed by atoms with Gasteiger partial charge in [0.15, 0.2) is 0 Å². The summed E-state index contributed by atoms with van der Waals surface area (Å²) in [5.41, 5.74) is 3.63. The molecule has 0 amide bonds. The van der Waals surface area contributed by atoms with E-state index in [0.717, 1.165) is 6.66 Å². The Kier molecular flexibility index (Phi) is 3.21. The quantitative estimate of drug-likeness (QED) is 0.481. The van der Waals surface area contributed by atoms with Crippen LogP contribution in [0.15, 0.2) is 0 Å². The lowest BCUT2D eigenvalue weighted by Crippen LogP contribution is -2.39. The van der Waals surface area contributed by atoms with E-state index < -0.39 is 13.3 Å². The maximum atomic E-state index is 10.7. The SMILES string of the molecule is CCC(N)(C#N)OP(C)(=O)O. The third kappa shape index (κ3) is 4.12. The standard InChI is InChI=1S/C5H11N2O3P/c1-3-5(7,4-6)10-11(2,8)9/h3,7H2,1-2H3,(H,8,9). The summed E-state index contributed by atoms with van der Waals surface area (Å²) < 4.78 is 15.1. The lowest BCUT2D eigenvalue weighted by Gasteiger charge is -2.20. The topological polar surface area (TPSA) is 96.3 Å². The average Bonchev–Trinajstić information content (AvgIpc) is 1.84. The Bertz CT molecular complexity index is 218. The molecule has 0 bridgehead atoms. The van der Waals surface area contributed by atoms with Crippen molar-refractivity contribution in [1.29, 1.82) is 5.26 Å². The van der Waals surface area contributed by atoms with Crippen LogP contribution in [0.3, 0.4) is 0 Å². The predicted octanol–water partition coefficient (Wildman–Crippen LogP) is 0.407. The molecule has 0 radical (unpaired) electrons. The highest BCUT2D eigenvalue weighted by Gasteiger charge is 2.30. The first-order chi connectivity index (χ1) is 4.83. The van der Waals surface area contributed by atoms with Crippen molar-refractivity contribution in [1.82, 2.24) is 0 Å². The zero-order valence-corrected chi connectivity index (χ0v) is 7.34. The first-order valence-electron chi connectivity index (χ1n) is 3.04.